The van der Waals surface area contributed by atoms with E-state index in [0.717, 1.165) is 38.9 Å². The zero-order chi connectivity index (χ0) is 21.3. The van der Waals surface area contributed by atoms with Gasteiger partial charge in [0.1, 0.15) is 5.60 Å². The van der Waals surface area contributed by atoms with E-state index in [-0.39, 0.29) is 6.09 Å². The van der Waals surface area contributed by atoms with Gasteiger partial charge in [-0.05, 0) is 76.3 Å². The number of rotatable bonds is 3. The number of pyridine rings is 1. The molecule has 5 nitrogen and oxygen atoms in total. The van der Waals surface area contributed by atoms with Gasteiger partial charge in [0.05, 0.1) is 0 Å². The Morgan fingerprint density at radius 3 is 2.70 bits per heavy atom. The molecule has 0 unspecified atom stereocenters. The molecule has 2 aliphatic rings. The third-order valence-corrected chi connectivity index (χ3v) is 6.14. The second-order valence-corrected chi connectivity index (χ2v) is 9.60. The summed E-state index contributed by atoms with van der Waals surface area (Å²) in [6, 6.07) is 11.4. The number of aromatic nitrogens is 1. The van der Waals surface area contributed by atoms with E-state index in [2.05, 4.69) is 47.1 Å². The van der Waals surface area contributed by atoms with Crippen molar-refractivity contribution in [3.05, 3.63) is 59.4 Å². The van der Waals surface area contributed by atoms with E-state index < -0.39 is 5.60 Å². The molecule has 2 atom stereocenters. The molecule has 2 aliphatic heterocycles. The van der Waals surface area contributed by atoms with Crippen molar-refractivity contribution in [2.45, 2.75) is 64.5 Å². The Kier molecular flexibility index (Phi) is 5.72. The van der Waals surface area contributed by atoms with Crippen molar-refractivity contribution in [3.63, 3.8) is 0 Å². The third kappa shape index (κ3) is 4.45. The SMILES string of the molecule is Cc1ccc2c(c1)[C@@H]1CN(C(=O)OC(C)(C)C)CCC[C@@H]1N2CCc1ccncc1. The molecule has 1 fully saturated rings. The van der Waals surface area contributed by atoms with Gasteiger partial charge in [-0.2, -0.15) is 0 Å². The summed E-state index contributed by atoms with van der Waals surface area (Å²) in [5.74, 6) is 0.326. The number of anilines is 1. The summed E-state index contributed by atoms with van der Waals surface area (Å²) in [5, 5.41) is 0. The highest BCUT2D eigenvalue weighted by Crippen LogP contribution is 2.45. The average molecular weight is 408 g/mol. The Balaban J connectivity index is 1.58. The Bertz CT molecular complexity index is 891. The lowest BCUT2D eigenvalue weighted by Crippen LogP contribution is -2.40. The molecule has 0 saturated carbocycles. The van der Waals surface area contributed by atoms with Gasteiger partial charge in [0.15, 0.2) is 0 Å². The molecule has 4 rings (SSSR count). The molecule has 1 aromatic heterocycles. The maximum atomic E-state index is 12.8. The fourth-order valence-electron chi connectivity index (χ4n) is 4.81. The molecule has 3 heterocycles. The van der Waals surface area contributed by atoms with Crippen LogP contribution in [0.15, 0.2) is 42.7 Å². The van der Waals surface area contributed by atoms with Crippen LogP contribution in [0.5, 0.6) is 0 Å². The van der Waals surface area contributed by atoms with Crippen molar-refractivity contribution in [1.82, 2.24) is 9.88 Å². The largest absolute Gasteiger partial charge is 0.444 e. The van der Waals surface area contributed by atoms with Gasteiger partial charge in [0.2, 0.25) is 0 Å². The predicted molar refractivity (Wildman–Crippen MR) is 120 cm³/mol. The van der Waals surface area contributed by atoms with Crippen LogP contribution in [0.3, 0.4) is 0 Å². The number of carbonyl (C=O) groups excluding carboxylic acids is 1. The zero-order valence-corrected chi connectivity index (χ0v) is 18.6. The van der Waals surface area contributed by atoms with Crippen molar-refractivity contribution in [2.75, 3.05) is 24.5 Å². The van der Waals surface area contributed by atoms with Crippen LogP contribution in [0.4, 0.5) is 10.5 Å². The number of nitrogens with zero attached hydrogens (tertiary/aromatic N) is 3. The lowest BCUT2D eigenvalue weighted by atomic mass is 9.92. The van der Waals surface area contributed by atoms with Gasteiger partial charge in [-0.1, -0.05) is 17.7 Å². The minimum absolute atomic E-state index is 0.187. The highest BCUT2D eigenvalue weighted by molar-refractivity contribution is 5.69. The van der Waals surface area contributed by atoms with E-state index in [4.69, 9.17) is 4.74 Å². The van der Waals surface area contributed by atoms with Crippen LogP contribution in [0.2, 0.25) is 0 Å². The van der Waals surface area contributed by atoms with Gasteiger partial charge >= 0.3 is 6.09 Å². The number of amides is 1. The van der Waals surface area contributed by atoms with E-state index in [1.807, 2.05) is 38.1 Å². The minimum atomic E-state index is -0.469. The molecule has 0 radical (unpaired) electrons. The van der Waals surface area contributed by atoms with Gasteiger partial charge in [-0.25, -0.2) is 4.79 Å². The van der Waals surface area contributed by atoms with Gasteiger partial charge in [0.25, 0.3) is 0 Å². The van der Waals surface area contributed by atoms with Crippen LogP contribution in [-0.4, -0.2) is 47.3 Å². The average Bonchev–Trinajstić information content (AvgIpc) is 2.83. The summed E-state index contributed by atoms with van der Waals surface area (Å²) in [4.78, 5) is 21.5. The minimum Gasteiger partial charge on any atom is -0.444 e. The lowest BCUT2D eigenvalue weighted by molar-refractivity contribution is 0.0248. The van der Waals surface area contributed by atoms with Gasteiger partial charge in [0, 0.05) is 49.7 Å². The monoisotopic (exact) mass is 407 g/mol. The zero-order valence-electron chi connectivity index (χ0n) is 18.6. The van der Waals surface area contributed by atoms with Crippen LogP contribution >= 0.6 is 0 Å². The van der Waals surface area contributed by atoms with E-state index in [9.17, 15) is 4.79 Å². The fraction of sp³-hybridized carbons (Fsp3) is 0.520. The first-order valence-corrected chi connectivity index (χ1v) is 11.1. The molecule has 1 amide bonds. The summed E-state index contributed by atoms with van der Waals surface area (Å²) in [6.07, 6.45) is 6.63. The number of fused-ring (bicyclic) bond motifs is 3. The number of aryl methyl sites for hydroxylation is 1. The van der Waals surface area contributed by atoms with Crippen molar-refractivity contribution in [2.24, 2.45) is 0 Å². The van der Waals surface area contributed by atoms with Crippen molar-refractivity contribution in [3.8, 4) is 0 Å². The van der Waals surface area contributed by atoms with Crippen LogP contribution in [0, 0.1) is 6.92 Å². The fourth-order valence-corrected chi connectivity index (χ4v) is 4.81. The quantitative estimate of drug-likeness (QED) is 0.723. The number of hydrogen-bond acceptors (Lipinski definition) is 4. The molecule has 1 saturated heterocycles. The van der Waals surface area contributed by atoms with Crippen molar-refractivity contribution >= 4 is 11.8 Å². The lowest BCUT2D eigenvalue weighted by Gasteiger charge is -2.30. The number of ether oxygens (including phenoxy) is 1. The summed E-state index contributed by atoms with van der Waals surface area (Å²) in [5.41, 5.74) is 4.83. The van der Waals surface area contributed by atoms with Gasteiger partial charge in [-0.15, -0.1) is 0 Å². The van der Waals surface area contributed by atoms with E-state index in [0.29, 0.717) is 12.0 Å². The maximum absolute atomic E-state index is 12.8. The first-order valence-electron chi connectivity index (χ1n) is 11.1. The van der Waals surface area contributed by atoms with Crippen LogP contribution in [0.1, 0.15) is 56.2 Å². The summed E-state index contributed by atoms with van der Waals surface area (Å²) >= 11 is 0. The topological polar surface area (TPSA) is 45.7 Å². The standard InChI is InChI=1S/C25H33N3O2/c1-18-7-8-23-20(16-18)21-17-27(24(29)30-25(2,3)4)14-5-6-22(21)28(23)15-11-19-9-12-26-13-10-19/h7-10,12-13,16,21-22H,5-6,11,14-15,17H2,1-4H3/t21-,22-/m0/s1. The Labute approximate surface area is 180 Å². The third-order valence-electron chi connectivity index (χ3n) is 6.14. The van der Waals surface area contributed by atoms with Gasteiger partial charge < -0.3 is 14.5 Å². The number of carbonyl (C=O) groups is 1. The van der Waals surface area contributed by atoms with Crippen molar-refractivity contribution in [1.29, 1.82) is 0 Å². The molecular weight excluding hydrogens is 374 g/mol. The molecule has 2 aromatic rings. The highest BCUT2D eigenvalue weighted by Gasteiger charge is 2.41. The molecule has 0 bridgehead atoms. The van der Waals surface area contributed by atoms with E-state index in [1.54, 1.807) is 0 Å². The molecule has 5 heteroatoms. The highest BCUT2D eigenvalue weighted by atomic mass is 16.6. The molecule has 30 heavy (non-hydrogen) atoms. The summed E-state index contributed by atoms with van der Waals surface area (Å²) < 4.78 is 5.69. The van der Waals surface area contributed by atoms with Crippen LogP contribution in [-0.2, 0) is 11.2 Å². The normalized spacial score (nSPS) is 21.1. The van der Waals surface area contributed by atoms with Crippen molar-refractivity contribution < 1.29 is 9.53 Å². The Morgan fingerprint density at radius 1 is 1.20 bits per heavy atom. The number of likely N-dealkylation sites (tertiary alicyclic amines) is 1. The molecule has 1 aromatic carbocycles. The first-order chi connectivity index (χ1) is 14.3. The smallest absolute Gasteiger partial charge is 0.410 e. The molecule has 0 spiro atoms. The van der Waals surface area contributed by atoms with E-state index in [1.165, 1.54) is 22.4 Å². The molecule has 160 valence electrons. The first kappa shape index (κ1) is 20.7. The van der Waals surface area contributed by atoms with Crippen LogP contribution < -0.4 is 4.90 Å². The second kappa shape index (κ2) is 8.29. The Morgan fingerprint density at radius 2 is 1.97 bits per heavy atom. The predicted octanol–water partition coefficient (Wildman–Crippen LogP) is 4.94. The van der Waals surface area contributed by atoms with Gasteiger partial charge in [-0.3, -0.25) is 4.98 Å². The van der Waals surface area contributed by atoms with Crippen LogP contribution in [0.25, 0.3) is 0 Å². The summed E-state index contributed by atoms with van der Waals surface area (Å²) in [6.45, 7) is 10.4. The molecule has 0 aliphatic carbocycles. The number of hydrogen-bond donors (Lipinski definition) is 0. The molecule has 0 N–H and O–H groups in total. The molecular formula is C25H33N3O2. The number of benzene rings is 1. The summed E-state index contributed by atoms with van der Waals surface area (Å²) in [7, 11) is 0. The second-order valence-electron chi connectivity index (χ2n) is 9.60. The maximum Gasteiger partial charge on any atom is 0.410 e. The van der Waals surface area contributed by atoms with E-state index >= 15 is 0 Å². The Hall–Kier alpha value is -2.56.